The van der Waals surface area contributed by atoms with E-state index in [9.17, 15) is 4.79 Å². The molecular weight excluding hydrogens is 343 g/mol. The number of rotatable bonds is 6. The van der Waals surface area contributed by atoms with Crippen LogP contribution in [0.5, 0.6) is 0 Å². The molecule has 5 heteroatoms. The maximum absolute atomic E-state index is 12.1. The van der Waals surface area contributed by atoms with Gasteiger partial charge in [-0.25, -0.2) is 0 Å². The number of benzene rings is 2. The summed E-state index contributed by atoms with van der Waals surface area (Å²) >= 11 is 12.0. The van der Waals surface area contributed by atoms with Crippen LogP contribution in [0.15, 0.2) is 42.5 Å². The van der Waals surface area contributed by atoms with Crippen molar-refractivity contribution in [3.8, 4) is 0 Å². The van der Waals surface area contributed by atoms with Gasteiger partial charge in [-0.3, -0.25) is 4.79 Å². The molecule has 0 radical (unpaired) electrons. The summed E-state index contributed by atoms with van der Waals surface area (Å²) in [6.07, 6.45) is 0. The number of carbonyl (C=O) groups is 1. The molecule has 0 aliphatic carbocycles. The van der Waals surface area contributed by atoms with Crippen LogP contribution in [0.3, 0.4) is 0 Å². The van der Waals surface area contributed by atoms with Crippen LogP contribution >= 0.6 is 23.2 Å². The highest BCUT2D eigenvalue weighted by Gasteiger charge is 2.13. The van der Waals surface area contributed by atoms with Gasteiger partial charge >= 0.3 is 0 Å². The lowest BCUT2D eigenvalue weighted by atomic mass is 9.99. The van der Waals surface area contributed by atoms with Crippen LogP contribution in [0, 0.1) is 0 Å². The molecule has 2 rings (SSSR count). The second-order valence-electron chi connectivity index (χ2n) is 6.22. The van der Waals surface area contributed by atoms with E-state index >= 15 is 0 Å². The number of nitrogens with two attached hydrogens (primary N) is 1. The number of quaternary nitrogens is 1. The number of anilines is 1. The molecule has 0 aromatic heterocycles. The van der Waals surface area contributed by atoms with Crippen molar-refractivity contribution in [2.45, 2.75) is 32.7 Å². The van der Waals surface area contributed by atoms with E-state index in [1.807, 2.05) is 5.32 Å². The largest absolute Gasteiger partial charge is 0.333 e. The average molecular weight is 366 g/mol. The number of carbonyl (C=O) groups excluding carboxylic acids is 1. The third-order valence-electron chi connectivity index (χ3n) is 3.99. The summed E-state index contributed by atoms with van der Waals surface area (Å²) in [5.41, 5.74) is 3.06. The first-order chi connectivity index (χ1) is 11.4. The van der Waals surface area contributed by atoms with Crippen LogP contribution in [0.25, 0.3) is 0 Å². The maximum Gasteiger partial charge on any atom is 0.279 e. The van der Waals surface area contributed by atoms with Crippen LogP contribution in [0.4, 0.5) is 5.69 Å². The Morgan fingerprint density at radius 2 is 1.67 bits per heavy atom. The highest BCUT2D eigenvalue weighted by atomic mass is 35.5. The van der Waals surface area contributed by atoms with E-state index < -0.39 is 0 Å². The summed E-state index contributed by atoms with van der Waals surface area (Å²) in [5, 5.41) is 5.81. The molecule has 3 N–H and O–H groups in total. The third-order valence-corrected chi connectivity index (χ3v) is 4.55. The maximum atomic E-state index is 12.1. The van der Waals surface area contributed by atoms with Gasteiger partial charge in [-0.15, -0.1) is 0 Å². The first-order valence-corrected chi connectivity index (χ1v) is 8.80. The third kappa shape index (κ3) is 5.23. The fourth-order valence-corrected chi connectivity index (χ4v) is 2.74. The Hall–Kier alpha value is -1.55. The van der Waals surface area contributed by atoms with Gasteiger partial charge in [0.05, 0.1) is 10.7 Å². The van der Waals surface area contributed by atoms with Crippen molar-refractivity contribution in [3.63, 3.8) is 0 Å². The van der Waals surface area contributed by atoms with Crippen LogP contribution in [0.2, 0.25) is 10.0 Å². The summed E-state index contributed by atoms with van der Waals surface area (Å²) in [6, 6.07) is 13.8. The van der Waals surface area contributed by atoms with Gasteiger partial charge in [-0.1, -0.05) is 61.3 Å². The predicted molar refractivity (Wildman–Crippen MR) is 101 cm³/mol. The van der Waals surface area contributed by atoms with Crippen molar-refractivity contribution in [2.24, 2.45) is 0 Å². The van der Waals surface area contributed by atoms with Crippen molar-refractivity contribution in [1.29, 1.82) is 0 Å². The molecule has 0 heterocycles. The molecule has 0 aliphatic heterocycles. The quantitative estimate of drug-likeness (QED) is 0.783. The zero-order chi connectivity index (χ0) is 17.7. The summed E-state index contributed by atoms with van der Waals surface area (Å²) in [7, 11) is 0. The van der Waals surface area contributed by atoms with E-state index in [1.165, 1.54) is 11.1 Å². The van der Waals surface area contributed by atoms with Gasteiger partial charge in [-0.2, -0.15) is 0 Å². The van der Waals surface area contributed by atoms with Crippen molar-refractivity contribution >= 4 is 34.8 Å². The Morgan fingerprint density at radius 3 is 2.29 bits per heavy atom. The lowest BCUT2D eigenvalue weighted by molar-refractivity contribution is -0.682. The van der Waals surface area contributed by atoms with Gasteiger partial charge in [0.2, 0.25) is 0 Å². The normalized spacial score (nSPS) is 12.2. The fourth-order valence-electron chi connectivity index (χ4n) is 2.40. The molecule has 1 atom stereocenters. The van der Waals surface area contributed by atoms with Gasteiger partial charge in [0.25, 0.3) is 5.91 Å². The molecule has 2 aromatic carbocycles. The summed E-state index contributed by atoms with van der Waals surface area (Å²) in [5.74, 6) is 0.413. The van der Waals surface area contributed by atoms with Crippen molar-refractivity contribution in [3.05, 3.63) is 63.6 Å². The molecule has 0 bridgehead atoms. The minimum absolute atomic E-state index is 0.107. The monoisotopic (exact) mass is 365 g/mol. The molecule has 1 amide bonds. The van der Waals surface area contributed by atoms with Gasteiger partial charge < -0.3 is 10.6 Å². The Bertz CT molecular complexity index is 699. The lowest BCUT2D eigenvalue weighted by Gasteiger charge is -2.13. The van der Waals surface area contributed by atoms with Crippen LogP contribution < -0.4 is 10.6 Å². The van der Waals surface area contributed by atoms with Gasteiger partial charge in [0.1, 0.15) is 6.04 Å². The Kier molecular flexibility index (Phi) is 6.67. The molecule has 0 saturated carbocycles. The van der Waals surface area contributed by atoms with E-state index in [1.54, 1.807) is 18.2 Å². The smallest absolute Gasteiger partial charge is 0.279 e. The lowest BCUT2D eigenvalue weighted by Crippen LogP contribution is -2.86. The summed E-state index contributed by atoms with van der Waals surface area (Å²) in [4.78, 5) is 12.1. The van der Waals surface area contributed by atoms with Crippen LogP contribution in [0.1, 0.15) is 43.9 Å². The molecule has 0 aliphatic rings. The van der Waals surface area contributed by atoms with E-state index in [0.717, 1.165) is 0 Å². The predicted octanol–water partition coefficient (Wildman–Crippen LogP) is 4.38. The molecule has 0 spiro atoms. The van der Waals surface area contributed by atoms with Crippen molar-refractivity contribution in [1.82, 2.24) is 0 Å². The molecule has 0 fully saturated rings. The highest BCUT2D eigenvalue weighted by molar-refractivity contribution is 6.35. The highest BCUT2D eigenvalue weighted by Crippen LogP contribution is 2.25. The minimum Gasteiger partial charge on any atom is -0.333 e. The topological polar surface area (TPSA) is 45.7 Å². The molecule has 3 nitrogen and oxygen atoms in total. The van der Waals surface area contributed by atoms with Crippen molar-refractivity contribution in [2.75, 3.05) is 11.9 Å². The zero-order valence-electron chi connectivity index (χ0n) is 14.1. The van der Waals surface area contributed by atoms with Crippen molar-refractivity contribution < 1.29 is 10.1 Å². The van der Waals surface area contributed by atoms with Gasteiger partial charge in [0, 0.05) is 10.6 Å². The van der Waals surface area contributed by atoms with E-state index in [2.05, 4.69) is 50.4 Å². The van der Waals surface area contributed by atoms with E-state index in [0.29, 0.717) is 28.2 Å². The van der Waals surface area contributed by atoms with Crippen LogP contribution in [-0.2, 0) is 4.79 Å². The first kappa shape index (κ1) is 18.8. The van der Waals surface area contributed by atoms with E-state index in [4.69, 9.17) is 23.2 Å². The molecule has 0 unspecified atom stereocenters. The number of halogens is 2. The van der Waals surface area contributed by atoms with Crippen LogP contribution in [-0.4, -0.2) is 12.5 Å². The summed E-state index contributed by atoms with van der Waals surface area (Å²) in [6.45, 7) is 6.76. The number of hydrogen-bond donors (Lipinski definition) is 2. The Labute approximate surface area is 153 Å². The zero-order valence-corrected chi connectivity index (χ0v) is 15.7. The minimum atomic E-state index is -0.107. The molecule has 0 saturated heterocycles. The summed E-state index contributed by atoms with van der Waals surface area (Å²) < 4.78 is 0. The average Bonchev–Trinajstić information content (AvgIpc) is 2.56. The number of hydrogen-bond acceptors (Lipinski definition) is 1. The molecule has 2 aromatic rings. The standard InChI is InChI=1S/C19H22Cl2N2O/c1-12(2)14-4-6-15(7-5-14)13(3)22-11-19(24)23-18-10-16(20)8-9-17(18)21/h4-10,12-13,22H,11H2,1-3H3,(H,23,24)/p+1/t13-/m1/s1. The SMILES string of the molecule is CC(C)c1ccc([C@@H](C)[NH2+]CC(=O)Nc2cc(Cl)ccc2Cl)cc1. The van der Waals surface area contributed by atoms with Gasteiger partial charge in [-0.05, 0) is 36.6 Å². The molecular formula is C19H23Cl2N2O+. The van der Waals surface area contributed by atoms with E-state index in [-0.39, 0.29) is 11.9 Å². The second-order valence-corrected chi connectivity index (χ2v) is 7.07. The first-order valence-electron chi connectivity index (χ1n) is 8.05. The fraction of sp³-hybridized carbons (Fsp3) is 0.316. The number of nitrogens with one attached hydrogen (secondary N) is 1. The second kappa shape index (κ2) is 8.52. The molecule has 128 valence electrons. The Balaban J connectivity index is 1.90. The van der Waals surface area contributed by atoms with Gasteiger partial charge in [0.15, 0.2) is 6.54 Å². The number of amides is 1. The molecule has 24 heavy (non-hydrogen) atoms. The Morgan fingerprint density at radius 1 is 1.04 bits per heavy atom.